The second-order valence-electron chi connectivity index (χ2n) is 9.40. The summed E-state index contributed by atoms with van der Waals surface area (Å²) in [6.45, 7) is 17.1. The molecule has 0 bridgehead atoms. The van der Waals surface area contributed by atoms with Crippen molar-refractivity contribution >= 4 is 11.6 Å². The molecule has 1 amide bonds. The van der Waals surface area contributed by atoms with Crippen molar-refractivity contribution in [3.63, 3.8) is 0 Å². The number of likely N-dealkylation sites (N-methyl/N-ethyl adjacent to an activating group) is 1. The molecule has 35 heavy (non-hydrogen) atoms. The van der Waals surface area contributed by atoms with Crippen LogP contribution in [0.2, 0.25) is 0 Å². The van der Waals surface area contributed by atoms with Gasteiger partial charge in [-0.25, -0.2) is 0 Å². The van der Waals surface area contributed by atoms with Crippen LogP contribution in [0.3, 0.4) is 0 Å². The molecule has 0 saturated carbocycles. The topological polar surface area (TPSA) is 53.6 Å². The molecule has 3 rings (SSSR count). The van der Waals surface area contributed by atoms with E-state index >= 15 is 0 Å². The van der Waals surface area contributed by atoms with Gasteiger partial charge in [0, 0.05) is 42.5 Å². The van der Waals surface area contributed by atoms with Gasteiger partial charge in [-0.1, -0.05) is 62.0 Å². The zero-order valence-corrected chi connectivity index (χ0v) is 21.5. The van der Waals surface area contributed by atoms with Gasteiger partial charge in [-0.15, -0.1) is 0 Å². The van der Waals surface area contributed by atoms with Crippen molar-refractivity contribution in [2.45, 2.75) is 45.8 Å². The molecule has 184 valence electrons. The van der Waals surface area contributed by atoms with E-state index in [0.29, 0.717) is 6.61 Å². The highest BCUT2D eigenvalue weighted by molar-refractivity contribution is 5.95. The first kappa shape index (κ1) is 26.0. The van der Waals surface area contributed by atoms with Gasteiger partial charge in [0.2, 0.25) is 0 Å². The quantitative estimate of drug-likeness (QED) is 0.425. The summed E-state index contributed by atoms with van der Waals surface area (Å²) < 4.78 is 5.99. The highest BCUT2D eigenvalue weighted by atomic mass is 16.5. The molecular weight excluding hydrogens is 434 g/mol. The van der Waals surface area contributed by atoms with Crippen molar-refractivity contribution in [1.29, 1.82) is 0 Å². The highest BCUT2D eigenvalue weighted by Gasteiger charge is 2.28. The number of nitrogens with one attached hydrogen (secondary N) is 2. The first-order valence-corrected chi connectivity index (χ1v) is 12.0. The fourth-order valence-corrected chi connectivity index (χ4v) is 3.90. The van der Waals surface area contributed by atoms with Gasteiger partial charge in [0.15, 0.2) is 0 Å². The summed E-state index contributed by atoms with van der Waals surface area (Å²) in [7, 11) is 1.89. The number of rotatable bonds is 10. The number of allylic oxidation sites excluding steroid dienone is 2. The lowest BCUT2D eigenvalue weighted by Crippen LogP contribution is -2.34. The monoisotopic (exact) mass is 471 g/mol. The van der Waals surface area contributed by atoms with Crippen molar-refractivity contribution in [2.75, 3.05) is 19.0 Å². The van der Waals surface area contributed by atoms with E-state index in [1.807, 2.05) is 85.8 Å². The average molecular weight is 472 g/mol. The van der Waals surface area contributed by atoms with E-state index in [-0.39, 0.29) is 11.5 Å². The Morgan fingerprint density at radius 3 is 2.34 bits per heavy atom. The van der Waals surface area contributed by atoms with Gasteiger partial charge in [0.05, 0.1) is 5.60 Å². The van der Waals surface area contributed by atoms with Crippen LogP contribution in [0.1, 0.15) is 49.9 Å². The predicted octanol–water partition coefficient (Wildman–Crippen LogP) is 6.34. The lowest BCUT2D eigenvalue weighted by Gasteiger charge is -2.32. The van der Waals surface area contributed by atoms with E-state index in [0.717, 1.165) is 45.8 Å². The Labute approximate surface area is 209 Å². The number of nitrogens with zero attached hydrogens (tertiary/aromatic N) is 1. The number of aryl methyl sites for hydroxylation is 1. The molecule has 0 aromatic heterocycles. The maximum atomic E-state index is 13.6. The predicted molar refractivity (Wildman–Crippen MR) is 145 cm³/mol. The molecule has 1 aliphatic rings. The number of anilines is 1. The number of carbonyl (C=O) groups is 1. The van der Waals surface area contributed by atoms with E-state index < -0.39 is 6.04 Å². The molecule has 5 heteroatoms. The van der Waals surface area contributed by atoms with Crippen LogP contribution in [0.25, 0.3) is 0 Å². The molecule has 0 fully saturated rings. The van der Waals surface area contributed by atoms with Crippen LogP contribution in [0.4, 0.5) is 5.69 Å². The Bertz CT molecular complexity index is 1130. The van der Waals surface area contributed by atoms with Gasteiger partial charge in [0.1, 0.15) is 6.04 Å². The van der Waals surface area contributed by atoms with Gasteiger partial charge in [-0.2, -0.15) is 0 Å². The Kier molecular flexibility index (Phi) is 8.36. The van der Waals surface area contributed by atoms with Crippen molar-refractivity contribution in [3.8, 4) is 0 Å². The minimum Gasteiger partial charge on any atom is -0.371 e. The Balaban J connectivity index is 1.83. The third-order valence-corrected chi connectivity index (χ3v) is 6.18. The second kappa shape index (κ2) is 11.2. The normalized spacial score (nSPS) is 14.1. The van der Waals surface area contributed by atoms with Crippen LogP contribution in [-0.2, 0) is 15.1 Å². The summed E-state index contributed by atoms with van der Waals surface area (Å²) in [5, 5.41) is 6.20. The van der Waals surface area contributed by atoms with Crippen molar-refractivity contribution in [3.05, 3.63) is 114 Å². The molecule has 0 spiro atoms. The lowest BCUT2D eigenvalue weighted by atomic mass is 9.97. The van der Waals surface area contributed by atoms with Crippen molar-refractivity contribution in [1.82, 2.24) is 10.2 Å². The smallest absolute Gasteiger partial charge is 0.251 e. The number of amides is 1. The zero-order chi connectivity index (χ0) is 25.6. The maximum Gasteiger partial charge on any atom is 0.251 e. The number of dihydropyridines is 1. The number of hydrogen-bond donors (Lipinski definition) is 2. The van der Waals surface area contributed by atoms with Gasteiger partial charge in [-0.05, 0) is 62.6 Å². The van der Waals surface area contributed by atoms with E-state index in [4.69, 9.17) is 4.74 Å². The first-order valence-electron chi connectivity index (χ1n) is 12.0. The molecule has 0 radical (unpaired) electrons. The summed E-state index contributed by atoms with van der Waals surface area (Å²) in [6.07, 6.45) is 6.66. The molecule has 2 aromatic rings. The fraction of sp³-hybridized carbons (Fsp3) is 0.300. The molecule has 1 aliphatic heterocycles. The fourth-order valence-electron chi connectivity index (χ4n) is 3.90. The van der Waals surface area contributed by atoms with Crippen LogP contribution in [0.5, 0.6) is 0 Å². The summed E-state index contributed by atoms with van der Waals surface area (Å²) in [6, 6.07) is 15.3. The third-order valence-electron chi connectivity index (χ3n) is 6.18. The summed E-state index contributed by atoms with van der Waals surface area (Å²) in [4.78, 5) is 15.5. The van der Waals surface area contributed by atoms with Crippen LogP contribution in [0.15, 0.2) is 97.0 Å². The number of ether oxygens (including phenoxy) is 1. The number of carbonyl (C=O) groups excluding carboxylic acids is 1. The summed E-state index contributed by atoms with van der Waals surface area (Å²) in [5.41, 5.74) is 5.87. The molecule has 1 unspecified atom stereocenters. The maximum absolute atomic E-state index is 13.6. The minimum absolute atomic E-state index is 0.135. The lowest BCUT2D eigenvalue weighted by molar-refractivity contribution is -0.120. The zero-order valence-electron chi connectivity index (χ0n) is 21.5. The Morgan fingerprint density at radius 2 is 1.77 bits per heavy atom. The first-order chi connectivity index (χ1) is 16.6. The van der Waals surface area contributed by atoms with Gasteiger partial charge >= 0.3 is 0 Å². The number of hydrogen-bond acceptors (Lipinski definition) is 4. The highest BCUT2D eigenvalue weighted by Crippen LogP contribution is 2.30. The summed E-state index contributed by atoms with van der Waals surface area (Å²) in [5.74, 6) is -0.135. The van der Waals surface area contributed by atoms with Crippen molar-refractivity contribution in [2.24, 2.45) is 0 Å². The van der Waals surface area contributed by atoms with Gasteiger partial charge in [-0.3, -0.25) is 4.79 Å². The van der Waals surface area contributed by atoms with Crippen LogP contribution >= 0.6 is 0 Å². The molecule has 2 aromatic carbocycles. The molecule has 0 aliphatic carbocycles. The standard InChI is InChI=1S/C30H37N3O2/c1-8-19-35-30(5,6)26-15-17-27(18-16-26)32-29(34)28(24-12-9-21(2)10-13-24)33(7)23(4)25-14-11-22(3)31-20-25/h9-18,20,28,31H,3-4,8,19H2,1-2,5-7H3,(H,32,34). The Morgan fingerprint density at radius 1 is 1.11 bits per heavy atom. The van der Waals surface area contributed by atoms with Crippen LogP contribution in [-0.4, -0.2) is 24.5 Å². The Hall–Kier alpha value is -3.57. The third kappa shape index (κ3) is 6.52. The van der Waals surface area contributed by atoms with E-state index in [1.54, 1.807) is 0 Å². The molecule has 5 nitrogen and oxygen atoms in total. The molecule has 1 heterocycles. The molecule has 0 saturated heterocycles. The average Bonchev–Trinajstić information content (AvgIpc) is 2.84. The van der Waals surface area contributed by atoms with E-state index in [1.165, 1.54) is 0 Å². The SMILES string of the molecule is C=C1C=CC(C(=C)N(C)C(C(=O)Nc2ccc(C(C)(C)OCCC)cc2)c2ccc(C)cc2)=CN1. The van der Waals surface area contributed by atoms with E-state index in [2.05, 4.69) is 44.6 Å². The van der Waals surface area contributed by atoms with Gasteiger partial charge in [0.25, 0.3) is 5.91 Å². The minimum atomic E-state index is -0.563. The largest absolute Gasteiger partial charge is 0.371 e. The summed E-state index contributed by atoms with van der Waals surface area (Å²) >= 11 is 0. The van der Waals surface area contributed by atoms with Crippen molar-refractivity contribution < 1.29 is 9.53 Å². The number of benzene rings is 2. The molecule has 2 N–H and O–H groups in total. The van der Waals surface area contributed by atoms with E-state index in [9.17, 15) is 4.79 Å². The molecular formula is C30H37N3O2. The van der Waals surface area contributed by atoms with Gasteiger partial charge < -0.3 is 20.3 Å². The van der Waals surface area contributed by atoms with Crippen LogP contribution < -0.4 is 10.6 Å². The second-order valence-corrected chi connectivity index (χ2v) is 9.40. The van der Waals surface area contributed by atoms with Crippen LogP contribution in [0, 0.1) is 6.92 Å². The molecule has 1 atom stereocenters.